The number of carbonyl (C=O) groups is 1. The number of carboxylic acid groups (broad SMARTS) is 1. The van der Waals surface area contributed by atoms with Gasteiger partial charge in [-0.25, -0.2) is 9.78 Å². The quantitative estimate of drug-likeness (QED) is 0.827. The number of hydrogen-bond donors (Lipinski definition) is 1. The summed E-state index contributed by atoms with van der Waals surface area (Å²) in [6, 6.07) is 10.3. The van der Waals surface area contributed by atoms with E-state index in [0.717, 1.165) is 0 Å². The van der Waals surface area contributed by atoms with Gasteiger partial charge in [0.05, 0.1) is 5.56 Å². The van der Waals surface area contributed by atoms with Gasteiger partial charge in [-0.15, -0.1) is 6.42 Å². The largest absolute Gasteiger partial charge is 0.478 e. The molecule has 0 atom stereocenters. The van der Waals surface area contributed by atoms with E-state index in [1.165, 1.54) is 12.3 Å². The van der Waals surface area contributed by atoms with Crippen LogP contribution in [0.5, 0.6) is 0 Å². The van der Waals surface area contributed by atoms with Crippen molar-refractivity contribution in [1.29, 1.82) is 5.26 Å². The molecule has 0 spiro atoms. The van der Waals surface area contributed by atoms with Gasteiger partial charge in [0.1, 0.15) is 11.8 Å². The van der Waals surface area contributed by atoms with Crippen molar-refractivity contribution in [1.82, 2.24) is 4.98 Å². The first-order chi connectivity index (χ1) is 9.17. The number of nitrogens with zero attached hydrogens (tertiary/aromatic N) is 2. The highest BCUT2D eigenvalue weighted by atomic mass is 16.4. The maximum absolute atomic E-state index is 11.2. The van der Waals surface area contributed by atoms with E-state index in [4.69, 9.17) is 11.7 Å². The number of terminal acetylenes is 1. The normalized spacial score (nSPS) is 9.37. The second-order valence-electron chi connectivity index (χ2n) is 3.72. The van der Waals surface area contributed by atoms with E-state index < -0.39 is 5.97 Å². The Labute approximate surface area is 110 Å². The third-order valence-corrected chi connectivity index (χ3v) is 2.62. The first kappa shape index (κ1) is 12.3. The van der Waals surface area contributed by atoms with Crippen molar-refractivity contribution in [3.05, 3.63) is 53.3 Å². The molecule has 2 rings (SSSR count). The number of aromatic carboxylic acids is 1. The maximum atomic E-state index is 11.2. The summed E-state index contributed by atoms with van der Waals surface area (Å²) < 4.78 is 0. The van der Waals surface area contributed by atoms with Gasteiger partial charge in [-0.3, -0.25) is 0 Å². The van der Waals surface area contributed by atoms with E-state index >= 15 is 0 Å². The smallest absolute Gasteiger partial charge is 0.337 e. The summed E-state index contributed by atoms with van der Waals surface area (Å²) in [5.74, 6) is 1.39. The van der Waals surface area contributed by atoms with Crippen molar-refractivity contribution in [2.45, 2.75) is 0 Å². The predicted octanol–water partition coefficient (Wildman–Crippen LogP) is 2.30. The maximum Gasteiger partial charge on any atom is 0.337 e. The molecule has 1 N–H and O–H groups in total. The van der Waals surface area contributed by atoms with Gasteiger partial charge in [0.15, 0.2) is 0 Å². The van der Waals surface area contributed by atoms with E-state index in [-0.39, 0.29) is 11.3 Å². The molecule has 4 nitrogen and oxygen atoms in total. The van der Waals surface area contributed by atoms with E-state index in [2.05, 4.69) is 10.9 Å². The van der Waals surface area contributed by atoms with Crippen LogP contribution in [0.15, 0.2) is 36.5 Å². The molecule has 0 radical (unpaired) electrons. The monoisotopic (exact) mass is 248 g/mol. The number of hydrogen-bond acceptors (Lipinski definition) is 3. The fraction of sp³-hybridized carbons (Fsp3) is 0. The summed E-state index contributed by atoms with van der Waals surface area (Å²) in [5.41, 5.74) is 1.72. The number of nitriles is 1. The van der Waals surface area contributed by atoms with Crippen LogP contribution in [0.4, 0.5) is 0 Å². The van der Waals surface area contributed by atoms with Crippen LogP contribution in [0.2, 0.25) is 0 Å². The molecule has 0 aliphatic carbocycles. The van der Waals surface area contributed by atoms with Crippen molar-refractivity contribution in [3.63, 3.8) is 0 Å². The third kappa shape index (κ3) is 2.29. The van der Waals surface area contributed by atoms with Gasteiger partial charge in [0.2, 0.25) is 0 Å². The zero-order chi connectivity index (χ0) is 13.8. The van der Waals surface area contributed by atoms with Crippen molar-refractivity contribution >= 4 is 5.97 Å². The molecule has 0 fully saturated rings. The van der Waals surface area contributed by atoms with Crippen LogP contribution in [0, 0.1) is 23.7 Å². The highest BCUT2D eigenvalue weighted by Crippen LogP contribution is 2.27. The van der Waals surface area contributed by atoms with Crippen molar-refractivity contribution in [2.24, 2.45) is 0 Å². The van der Waals surface area contributed by atoms with Gasteiger partial charge in [-0.1, -0.05) is 24.1 Å². The summed E-state index contributed by atoms with van der Waals surface area (Å²) >= 11 is 0. The van der Waals surface area contributed by atoms with Gasteiger partial charge in [0, 0.05) is 17.3 Å². The van der Waals surface area contributed by atoms with Crippen molar-refractivity contribution in [3.8, 4) is 29.5 Å². The van der Waals surface area contributed by atoms with Crippen LogP contribution in [0.1, 0.15) is 21.6 Å². The van der Waals surface area contributed by atoms with Crippen LogP contribution in [-0.4, -0.2) is 16.1 Å². The Hall–Kier alpha value is -3.11. The second-order valence-corrected chi connectivity index (χ2v) is 3.72. The lowest BCUT2D eigenvalue weighted by Gasteiger charge is -2.08. The van der Waals surface area contributed by atoms with Crippen molar-refractivity contribution in [2.75, 3.05) is 0 Å². The minimum absolute atomic E-state index is 0.0155. The first-order valence-electron chi connectivity index (χ1n) is 5.37. The molecule has 1 heterocycles. The van der Waals surface area contributed by atoms with Gasteiger partial charge in [0.25, 0.3) is 0 Å². The molecular formula is C15H8N2O2. The Morgan fingerprint density at radius 2 is 2.05 bits per heavy atom. The minimum Gasteiger partial charge on any atom is -0.478 e. The molecular weight excluding hydrogens is 240 g/mol. The number of pyridine rings is 1. The van der Waals surface area contributed by atoms with Gasteiger partial charge in [-0.2, -0.15) is 5.26 Å². The van der Waals surface area contributed by atoms with Crippen LogP contribution in [0.3, 0.4) is 0 Å². The zero-order valence-corrected chi connectivity index (χ0v) is 9.79. The van der Waals surface area contributed by atoms with Gasteiger partial charge < -0.3 is 5.11 Å². The van der Waals surface area contributed by atoms with Crippen LogP contribution in [-0.2, 0) is 0 Å². The summed E-state index contributed by atoms with van der Waals surface area (Å²) in [7, 11) is 0. The van der Waals surface area contributed by atoms with E-state index in [1.54, 1.807) is 24.3 Å². The fourth-order valence-electron chi connectivity index (χ4n) is 1.75. The van der Waals surface area contributed by atoms with E-state index in [0.29, 0.717) is 16.7 Å². The Bertz CT molecular complexity index is 737. The lowest BCUT2D eigenvalue weighted by molar-refractivity contribution is 0.0697. The zero-order valence-electron chi connectivity index (χ0n) is 9.79. The molecule has 0 saturated carbocycles. The minimum atomic E-state index is -1.11. The van der Waals surface area contributed by atoms with Crippen LogP contribution in [0.25, 0.3) is 11.1 Å². The Morgan fingerprint density at radius 1 is 1.32 bits per heavy atom. The molecule has 0 unspecified atom stereocenters. The number of aromatic nitrogens is 1. The molecule has 0 aliphatic heterocycles. The fourth-order valence-corrected chi connectivity index (χ4v) is 1.75. The molecule has 90 valence electrons. The van der Waals surface area contributed by atoms with Gasteiger partial charge >= 0.3 is 5.97 Å². The van der Waals surface area contributed by atoms with Gasteiger partial charge in [-0.05, 0) is 17.7 Å². The number of carboxylic acids is 1. The molecule has 0 amide bonds. The molecule has 19 heavy (non-hydrogen) atoms. The number of benzene rings is 1. The topological polar surface area (TPSA) is 74.0 Å². The SMILES string of the molecule is C#Cc1ccccc1-c1cc(C#N)ncc1C(=O)O. The molecule has 1 aromatic carbocycles. The highest BCUT2D eigenvalue weighted by molar-refractivity contribution is 5.96. The predicted molar refractivity (Wildman–Crippen MR) is 69.3 cm³/mol. The van der Waals surface area contributed by atoms with E-state index in [1.807, 2.05) is 6.07 Å². The summed E-state index contributed by atoms with van der Waals surface area (Å²) in [6.45, 7) is 0. The average Bonchev–Trinajstić information content (AvgIpc) is 2.46. The second kappa shape index (κ2) is 5.03. The van der Waals surface area contributed by atoms with Crippen LogP contribution < -0.4 is 0 Å². The Morgan fingerprint density at radius 3 is 2.68 bits per heavy atom. The number of rotatable bonds is 2. The molecule has 2 aromatic rings. The molecule has 0 saturated heterocycles. The van der Waals surface area contributed by atoms with Crippen molar-refractivity contribution < 1.29 is 9.90 Å². The third-order valence-electron chi connectivity index (χ3n) is 2.62. The molecule has 4 heteroatoms. The lowest BCUT2D eigenvalue weighted by Crippen LogP contribution is -2.02. The molecule has 0 bridgehead atoms. The summed E-state index contributed by atoms with van der Waals surface area (Å²) in [5, 5.41) is 18.0. The summed E-state index contributed by atoms with van der Waals surface area (Å²) in [4.78, 5) is 15.0. The molecule has 0 aliphatic rings. The lowest BCUT2D eigenvalue weighted by atomic mass is 9.96. The summed E-state index contributed by atoms with van der Waals surface area (Å²) in [6.07, 6.45) is 6.58. The van der Waals surface area contributed by atoms with Crippen LogP contribution >= 0.6 is 0 Å². The standard InChI is InChI=1S/C15H8N2O2/c1-2-10-5-3-4-6-12(10)13-7-11(8-16)17-9-14(13)15(18)19/h1,3-7,9H,(H,18,19). The first-order valence-corrected chi connectivity index (χ1v) is 5.37. The highest BCUT2D eigenvalue weighted by Gasteiger charge is 2.15. The van der Waals surface area contributed by atoms with E-state index in [9.17, 15) is 9.90 Å². The Balaban J connectivity index is 2.77. The Kier molecular flexibility index (Phi) is 3.27. The average molecular weight is 248 g/mol. The molecule has 1 aromatic heterocycles.